The van der Waals surface area contributed by atoms with Crippen molar-refractivity contribution in [1.29, 1.82) is 0 Å². The Labute approximate surface area is 111 Å². The summed E-state index contributed by atoms with van der Waals surface area (Å²) in [6.45, 7) is 0. The number of rotatable bonds is 5. The zero-order chi connectivity index (χ0) is 13.0. The van der Waals surface area contributed by atoms with Gasteiger partial charge < -0.3 is 14.8 Å². The van der Waals surface area contributed by atoms with Crippen LogP contribution in [0, 0.1) is 0 Å². The zero-order valence-electron chi connectivity index (χ0n) is 10.6. The lowest BCUT2D eigenvalue weighted by molar-refractivity contribution is 0.354. The molecule has 0 saturated carbocycles. The van der Waals surface area contributed by atoms with Gasteiger partial charge in [-0.15, -0.1) is 11.3 Å². The Morgan fingerprint density at radius 2 is 2.00 bits per heavy atom. The van der Waals surface area contributed by atoms with Crippen molar-refractivity contribution >= 4 is 11.3 Å². The third-order valence-electron chi connectivity index (χ3n) is 2.77. The van der Waals surface area contributed by atoms with Gasteiger partial charge in [0.2, 0.25) is 0 Å². The first kappa shape index (κ1) is 12.9. The normalized spacial score (nSPS) is 12.2. The first-order valence-corrected chi connectivity index (χ1v) is 6.45. The Morgan fingerprint density at radius 1 is 1.22 bits per heavy atom. The quantitative estimate of drug-likeness (QED) is 0.901. The van der Waals surface area contributed by atoms with Crippen LogP contribution in [0.1, 0.15) is 16.5 Å². The van der Waals surface area contributed by atoms with Crippen LogP contribution in [0.3, 0.4) is 0 Å². The lowest BCUT2D eigenvalue weighted by atomic mass is 10.1. The minimum Gasteiger partial charge on any atom is -0.493 e. The van der Waals surface area contributed by atoms with Crippen LogP contribution in [0.25, 0.3) is 0 Å². The largest absolute Gasteiger partial charge is 0.493 e. The van der Waals surface area contributed by atoms with Gasteiger partial charge in [0, 0.05) is 11.1 Å². The molecule has 18 heavy (non-hydrogen) atoms. The fourth-order valence-electron chi connectivity index (χ4n) is 1.87. The Hall–Kier alpha value is -1.59. The number of methoxy groups -OCH3 is 2. The summed E-state index contributed by atoms with van der Waals surface area (Å²) in [4.78, 5) is 5.29. The van der Waals surface area contributed by atoms with E-state index in [4.69, 9.17) is 9.47 Å². The van der Waals surface area contributed by atoms with Crippen LogP contribution in [0.2, 0.25) is 0 Å². The van der Waals surface area contributed by atoms with Gasteiger partial charge in [-0.25, -0.2) is 0 Å². The molecule has 1 aromatic carbocycles. The van der Waals surface area contributed by atoms with E-state index in [0.29, 0.717) is 0 Å². The summed E-state index contributed by atoms with van der Waals surface area (Å²) in [6, 6.07) is 6.05. The molecule has 1 heterocycles. The maximum absolute atomic E-state index is 5.32. The van der Waals surface area contributed by atoms with Crippen molar-refractivity contribution in [3.05, 3.63) is 40.3 Å². The van der Waals surface area contributed by atoms with Crippen LogP contribution < -0.4 is 14.8 Å². The third-order valence-corrected chi connectivity index (χ3v) is 3.61. The Kier molecular flexibility index (Phi) is 4.17. The fraction of sp³-hybridized carbons (Fsp3) is 0.308. The van der Waals surface area contributed by atoms with E-state index < -0.39 is 0 Å². The molecule has 4 nitrogen and oxygen atoms in total. The van der Waals surface area contributed by atoms with Crippen LogP contribution in [-0.4, -0.2) is 26.3 Å². The zero-order valence-corrected chi connectivity index (χ0v) is 11.5. The standard InChI is InChI=1S/C13H16N2O2S/c1-14-13(12-7-15-8-18-12)9-4-5-10(16-2)11(6-9)17-3/h4-8,13-14H,1-3H3. The van der Waals surface area contributed by atoms with E-state index in [1.165, 1.54) is 4.88 Å². The molecule has 0 bridgehead atoms. The van der Waals surface area contributed by atoms with Crippen molar-refractivity contribution in [2.45, 2.75) is 6.04 Å². The average Bonchev–Trinajstić information content (AvgIpc) is 2.93. The van der Waals surface area contributed by atoms with Gasteiger partial charge >= 0.3 is 0 Å². The molecule has 96 valence electrons. The molecule has 0 amide bonds. The van der Waals surface area contributed by atoms with Gasteiger partial charge in [0.25, 0.3) is 0 Å². The molecular weight excluding hydrogens is 248 g/mol. The number of hydrogen-bond acceptors (Lipinski definition) is 5. The number of nitrogens with zero attached hydrogens (tertiary/aromatic N) is 1. The van der Waals surface area contributed by atoms with Crippen molar-refractivity contribution in [2.75, 3.05) is 21.3 Å². The second kappa shape index (κ2) is 5.84. The van der Waals surface area contributed by atoms with E-state index in [9.17, 15) is 0 Å². The molecule has 2 aromatic rings. The number of hydrogen-bond donors (Lipinski definition) is 1. The molecule has 2 rings (SSSR count). The number of ether oxygens (including phenoxy) is 2. The molecule has 0 radical (unpaired) electrons. The molecule has 0 aliphatic rings. The summed E-state index contributed by atoms with van der Waals surface area (Å²) in [5.41, 5.74) is 2.96. The molecule has 0 fully saturated rings. The van der Waals surface area contributed by atoms with Crippen molar-refractivity contribution in [3.8, 4) is 11.5 Å². The lowest BCUT2D eigenvalue weighted by Crippen LogP contribution is -2.16. The summed E-state index contributed by atoms with van der Waals surface area (Å²) in [5.74, 6) is 1.47. The number of aromatic nitrogens is 1. The van der Waals surface area contributed by atoms with E-state index >= 15 is 0 Å². The molecule has 0 saturated heterocycles. The highest BCUT2D eigenvalue weighted by Crippen LogP contribution is 2.32. The minimum atomic E-state index is 0.123. The highest BCUT2D eigenvalue weighted by atomic mass is 32.1. The van der Waals surface area contributed by atoms with Crippen LogP contribution in [-0.2, 0) is 0 Å². The van der Waals surface area contributed by atoms with Crippen molar-refractivity contribution < 1.29 is 9.47 Å². The van der Waals surface area contributed by atoms with E-state index in [0.717, 1.165) is 17.1 Å². The molecule has 5 heteroatoms. The van der Waals surface area contributed by atoms with Gasteiger partial charge in [0.15, 0.2) is 11.5 Å². The Bertz CT molecular complexity index is 500. The van der Waals surface area contributed by atoms with E-state index in [-0.39, 0.29) is 6.04 Å². The van der Waals surface area contributed by atoms with Crippen molar-refractivity contribution in [2.24, 2.45) is 0 Å². The van der Waals surface area contributed by atoms with Crippen LogP contribution in [0.15, 0.2) is 29.9 Å². The first-order valence-electron chi connectivity index (χ1n) is 5.57. The minimum absolute atomic E-state index is 0.123. The summed E-state index contributed by atoms with van der Waals surface area (Å²) in [5, 5.41) is 3.28. The van der Waals surface area contributed by atoms with E-state index in [1.807, 2.05) is 37.0 Å². The van der Waals surface area contributed by atoms with Gasteiger partial charge in [-0.2, -0.15) is 0 Å². The Morgan fingerprint density at radius 3 is 2.56 bits per heavy atom. The molecular formula is C13H16N2O2S. The highest BCUT2D eigenvalue weighted by Gasteiger charge is 2.15. The van der Waals surface area contributed by atoms with Gasteiger partial charge in [0.05, 0.1) is 25.8 Å². The molecule has 1 N–H and O–H groups in total. The molecule has 0 spiro atoms. The second-order valence-corrected chi connectivity index (χ2v) is 4.66. The molecule has 0 aliphatic heterocycles. The predicted molar refractivity (Wildman–Crippen MR) is 72.6 cm³/mol. The Balaban J connectivity index is 2.37. The monoisotopic (exact) mass is 264 g/mol. The molecule has 1 aromatic heterocycles. The highest BCUT2D eigenvalue weighted by molar-refractivity contribution is 7.09. The van der Waals surface area contributed by atoms with Gasteiger partial charge in [-0.1, -0.05) is 6.07 Å². The SMILES string of the molecule is CNC(c1ccc(OC)c(OC)c1)c1cncs1. The molecule has 1 atom stereocenters. The summed E-state index contributed by atoms with van der Waals surface area (Å²) < 4.78 is 10.6. The average molecular weight is 264 g/mol. The summed E-state index contributed by atoms with van der Waals surface area (Å²) in [7, 11) is 5.21. The summed E-state index contributed by atoms with van der Waals surface area (Å²) >= 11 is 1.63. The maximum atomic E-state index is 5.32. The molecule has 0 aliphatic carbocycles. The van der Waals surface area contributed by atoms with Crippen molar-refractivity contribution in [3.63, 3.8) is 0 Å². The maximum Gasteiger partial charge on any atom is 0.161 e. The lowest BCUT2D eigenvalue weighted by Gasteiger charge is -2.16. The van der Waals surface area contributed by atoms with Crippen molar-refractivity contribution in [1.82, 2.24) is 10.3 Å². The number of nitrogens with one attached hydrogen (secondary N) is 1. The van der Waals surface area contributed by atoms with Crippen LogP contribution in [0.4, 0.5) is 0 Å². The van der Waals surface area contributed by atoms with Crippen LogP contribution >= 0.6 is 11.3 Å². The van der Waals surface area contributed by atoms with Gasteiger partial charge in [0.1, 0.15) is 0 Å². The first-order chi connectivity index (χ1) is 8.80. The predicted octanol–water partition coefficient (Wildman–Crippen LogP) is 2.47. The smallest absolute Gasteiger partial charge is 0.161 e. The third kappa shape index (κ3) is 2.47. The van der Waals surface area contributed by atoms with Crippen LogP contribution in [0.5, 0.6) is 11.5 Å². The number of thiazole rings is 1. The second-order valence-electron chi connectivity index (χ2n) is 3.74. The van der Waals surface area contributed by atoms with Gasteiger partial charge in [-0.3, -0.25) is 4.98 Å². The van der Waals surface area contributed by atoms with E-state index in [2.05, 4.69) is 10.3 Å². The number of benzene rings is 1. The fourth-order valence-corrected chi connectivity index (χ4v) is 2.63. The van der Waals surface area contributed by atoms with Gasteiger partial charge in [-0.05, 0) is 24.7 Å². The van der Waals surface area contributed by atoms with E-state index in [1.54, 1.807) is 25.6 Å². The summed E-state index contributed by atoms with van der Waals surface area (Å²) in [6.07, 6.45) is 1.88. The topological polar surface area (TPSA) is 43.4 Å². The molecule has 1 unspecified atom stereocenters.